The number of hydrogen-bond acceptors (Lipinski definition) is 5. The molecule has 0 fully saturated rings. The van der Waals surface area contributed by atoms with Gasteiger partial charge in [-0.3, -0.25) is 0 Å². The van der Waals surface area contributed by atoms with Crippen molar-refractivity contribution in [1.29, 1.82) is 0 Å². The number of sulfonamides is 1. The van der Waals surface area contributed by atoms with Gasteiger partial charge in [-0.1, -0.05) is 0 Å². The van der Waals surface area contributed by atoms with Crippen molar-refractivity contribution in [3.05, 3.63) is 29.6 Å². The Kier molecular flexibility index (Phi) is 7.07. The molecule has 3 N–H and O–H groups in total. The molecule has 114 valence electrons. The van der Waals surface area contributed by atoms with E-state index in [0.717, 1.165) is 25.3 Å². The number of nitrogens with two attached hydrogens (primary N) is 1. The first-order valence-corrected chi connectivity index (χ1v) is 6.90. The highest BCUT2D eigenvalue weighted by Crippen LogP contribution is 2.18. The molecule has 0 aliphatic heterocycles. The van der Waals surface area contributed by atoms with Gasteiger partial charge in [-0.25, -0.2) is 22.3 Å². The fourth-order valence-electron chi connectivity index (χ4n) is 1.37. The molecule has 0 aliphatic carbocycles. The van der Waals surface area contributed by atoms with E-state index in [-0.39, 0.29) is 24.5 Å². The van der Waals surface area contributed by atoms with Crippen molar-refractivity contribution in [1.82, 2.24) is 4.72 Å². The quantitative estimate of drug-likeness (QED) is 0.774. The van der Waals surface area contributed by atoms with Crippen molar-refractivity contribution in [2.45, 2.75) is 17.9 Å². The van der Waals surface area contributed by atoms with Crippen LogP contribution in [0.3, 0.4) is 0 Å². The number of carbonyl (C=O) groups excluding carboxylic acids is 1. The number of hydrogen-bond donors (Lipinski definition) is 2. The smallest absolute Gasteiger partial charge is 0.339 e. The second-order valence-corrected chi connectivity index (χ2v) is 5.57. The van der Waals surface area contributed by atoms with Gasteiger partial charge in [-0.2, -0.15) is 0 Å². The molecule has 0 bridgehead atoms. The first-order chi connectivity index (χ1) is 8.81. The summed E-state index contributed by atoms with van der Waals surface area (Å²) in [4.78, 5) is 11.0. The van der Waals surface area contributed by atoms with Gasteiger partial charge < -0.3 is 10.5 Å². The number of halogens is 2. The van der Waals surface area contributed by atoms with Crippen LogP contribution in [0.1, 0.15) is 17.3 Å². The number of esters is 1. The summed E-state index contributed by atoms with van der Waals surface area (Å²) in [6.45, 7) is 1.62. The number of carbonyl (C=O) groups is 1. The Morgan fingerprint density at radius 3 is 2.60 bits per heavy atom. The zero-order valence-electron chi connectivity index (χ0n) is 10.9. The predicted molar refractivity (Wildman–Crippen MR) is 73.8 cm³/mol. The summed E-state index contributed by atoms with van der Waals surface area (Å²) in [5, 5.41) is 0. The van der Waals surface area contributed by atoms with Crippen LogP contribution in [0.25, 0.3) is 0 Å². The van der Waals surface area contributed by atoms with E-state index in [9.17, 15) is 17.6 Å². The molecule has 0 aromatic heterocycles. The molecule has 0 spiro atoms. The molecule has 0 amide bonds. The fourth-order valence-corrected chi connectivity index (χ4v) is 2.84. The summed E-state index contributed by atoms with van der Waals surface area (Å²) in [5.41, 5.74) is 5.08. The summed E-state index contributed by atoms with van der Waals surface area (Å²) in [7, 11) is -2.94. The highest BCUT2D eigenvalue weighted by Gasteiger charge is 2.25. The average molecular weight is 327 g/mol. The second kappa shape index (κ2) is 7.53. The predicted octanol–water partition coefficient (Wildman–Crippen LogP) is 0.660. The van der Waals surface area contributed by atoms with Crippen molar-refractivity contribution < 1.29 is 22.3 Å². The summed E-state index contributed by atoms with van der Waals surface area (Å²) < 4.78 is 44.0. The monoisotopic (exact) mass is 326 g/mol. The normalized spacial score (nSPS) is 12.4. The molecule has 0 heterocycles. The van der Waals surface area contributed by atoms with E-state index < -0.39 is 32.7 Å². The topological polar surface area (TPSA) is 98.5 Å². The Balaban J connectivity index is 0.00000361. The van der Waals surface area contributed by atoms with Gasteiger partial charge in [0.05, 0.1) is 17.6 Å². The summed E-state index contributed by atoms with van der Waals surface area (Å²) in [5.74, 6) is -1.63. The Labute approximate surface area is 123 Å². The minimum Gasteiger partial charge on any atom is -0.465 e. The third-order valence-electron chi connectivity index (χ3n) is 2.35. The average Bonchev–Trinajstić information content (AvgIpc) is 2.37. The number of methoxy groups -OCH3 is 1. The SMILES string of the molecule is COC(=O)c1ccc(F)cc1S(=O)(=O)N[C@@H](C)CN.Cl. The van der Waals surface area contributed by atoms with Gasteiger partial charge in [0, 0.05) is 12.6 Å². The number of ether oxygens (including phenoxy) is 1. The Bertz CT molecular complexity index is 580. The van der Waals surface area contributed by atoms with Crippen LogP contribution < -0.4 is 10.5 Å². The summed E-state index contributed by atoms with van der Waals surface area (Å²) >= 11 is 0. The molecule has 9 heteroatoms. The first kappa shape index (κ1) is 18.8. The Hall–Kier alpha value is -1.22. The largest absolute Gasteiger partial charge is 0.465 e. The molecule has 1 atom stereocenters. The van der Waals surface area contributed by atoms with E-state index in [1.54, 1.807) is 6.92 Å². The van der Waals surface area contributed by atoms with Gasteiger partial charge in [0.1, 0.15) is 5.82 Å². The van der Waals surface area contributed by atoms with E-state index in [0.29, 0.717) is 0 Å². The van der Waals surface area contributed by atoms with E-state index in [1.807, 2.05) is 0 Å². The van der Waals surface area contributed by atoms with Crippen LogP contribution in [0, 0.1) is 5.82 Å². The molecule has 1 aromatic carbocycles. The van der Waals surface area contributed by atoms with Crippen molar-refractivity contribution in [2.24, 2.45) is 5.73 Å². The van der Waals surface area contributed by atoms with Gasteiger partial charge >= 0.3 is 5.97 Å². The van der Waals surface area contributed by atoms with Crippen LogP contribution in [0.2, 0.25) is 0 Å². The number of benzene rings is 1. The lowest BCUT2D eigenvalue weighted by Crippen LogP contribution is -2.38. The Morgan fingerprint density at radius 2 is 2.10 bits per heavy atom. The van der Waals surface area contributed by atoms with Crippen molar-refractivity contribution in [2.75, 3.05) is 13.7 Å². The van der Waals surface area contributed by atoms with Crippen LogP contribution in [0.4, 0.5) is 4.39 Å². The van der Waals surface area contributed by atoms with Crippen LogP contribution in [-0.2, 0) is 14.8 Å². The second-order valence-electron chi connectivity index (χ2n) is 3.89. The zero-order valence-corrected chi connectivity index (χ0v) is 12.6. The van der Waals surface area contributed by atoms with Gasteiger partial charge in [-0.15, -0.1) is 12.4 Å². The molecule has 0 unspecified atom stereocenters. The Morgan fingerprint density at radius 1 is 1.50 bits per heavy atom. The molecule has 20 heavy (non-hydrogen) atoms. The van der Waals surface area contributed by atoms with Gasteiger partial charge in [-0.05, 0) is 25.1 Å². The molecule has 1 rings (SSSR count). The summed E-state index contributed by atoms with van der Waals surface area (Å²) in [6.07, 6.45) is 0. The highest BCUT2D eigenvalue weighted by atomic mass is 35.5. The fraction of sp³-hybridized carbons (Fsp3) is 0.364. The van der Waals surface area contributed by atoms with E-state index in [2.05, 4.69) is 9.46 Å². The maximum atomic E-state index is 13.2. The minimum atomic E-state index is -4.05. The molecular weight excluding hydrogens is 311 g/mol. The zero-order chi connectivity index (χ0) is 14.6. The molecule has 0 radical (unpaired) electrons. The molecule has 0 saturated heterocycles. The maximum absolute atomic E-state index is 13.2. The molecule has 6 nitrogen and oxygen atoms in total. The van der Waals surface area contributed by atoms with Gasteiger partial charge in [0.2, 0.25) is 10.0 Å². The highest BCUT2D eigenvalue weighted by molar-refractivity contribution is 7.89. The van der Waals surface area contributed by atoms with E-state index in [1.165, 1.54) is 0 Å². The number of nitrogens with one attached hydrogen (secondary N) is 1. The molecule has 0 saturated carbocycles. The van der Waals surface area contributed by atoms with Crippen molar-refractivity contribution in [3.8, 4) is 0 Å². The van der Waals surface area contributed by atoms with E-state index in [4.69, 9.17) is 5.73 Å². The third-order valence-corrected chi connectivity index (χ3v) is 3.98. The van der Waals surface area contributed by atoms with Gasteiger partial charge in [0.25, 0.3) is 0 Å². The lowest BCUT2D eigenvalue weighted by molar-refractivity contribution is 0.0596. The van der Waals surface area contributed by atoms with Crippen molar-refractivity contribution in [3.63, 3.8) is 0 Å². The first-order valence-electron chi connectivity index (χ1n) is 5.42. The van der Waals surface area contributed by atoms with Crippen LogP contribution >= 0.6 is 12.4 Å². The van der Waals surface area contributed by atoms with Crippen molar-refractivity contribution >= 4 is 28.4 Å². The molecule has 1 aromatic rings. The van der Waals surface area contributed by atoms with Crippen LogP contribution in [0.15, 0.2) is 23.1 Å². The van der Waals surface area contributed by atoms with Crippen LogP contribution in [-0.4, -0.2) is 34.1 Å². The van der Waals surface area contributed by atoms with Gasteiger partial charge in [0.15, 0.2) is 0 Å². The maximum Gasteiger partial charge on any atom is 0.339 e. The molecular formula is C11H16ClFN2O4S. The lowest BCUT2D eigenvalue weighted by atomic mass is 10.2. The van der Waals surface area contributed by atoms with Crippen LogP contribution in [0.5, 0.6) is 0 Å². The molecule has 0 aliphatic rings. The lowest BCUT2D eigenvalue weighted by Gasteiger charge is -2.14. The van der Waals surface area contributed by atoms with E-state index >= 15 is 0 Å². The minimum absolute atomic E-state index is 0. The standard InChI is InChI=1S/C11H15FN2O4S.ClH/c1-7(6-13)14-19(16,17)10-5-8(12)3-4-9(10)11(15)18-2;/h3-5,7,14H,6,13H2,1-2H3;1H/t7-;/m0./s1. The third kappa shape index (κ3) is 4.41. The summed E-state index contributed by atoms with van der Waals surface area (Å²) in [6, 6.07) is 2.26. The number of rotatable bonds is 5.